The number of halogens is 1. The summed E-state index contributed by atoms with van der Waals surface area (Å²) in [6, 6.07) is 6.96. The zero-order valence-corrected chi connectivity index (χ0v) is 11.4. The van der Waals surface area contributed by atoms with E-state index in [1.165, 1.54) is 6.92 Å². The fourth-order valence-corrected chi connectivity index (χ4v) is 1.36. The van der Waals surface area contributed by atoms with E-state index in [1.54, 1.807) is 19.1 Å². The van der Waals surface area contributed by atoms with E-state index in [-0.39, 0.29) is 17.7 Å². The van der Waals surface area contributed by atoms with Crippen molar-refractivity contribution in [3.05, 3.63) is 28.7 Å². The number of benzene rings is 1. The maximum atomic E-state index is 11.5. The molecule has 0 aliphatic carbocycles. The lowest BCUT2D eigenvalue weighted by Crippen LogP contribution is -2.34. The summed E-state index contributed by atoms with van der Waals surface area (Å²) in [6.45, 7) is 3.64. The Morgan fingerprint density at radius 3 is 2.41 bits per heavy atom. The second-order valence-electron chi connectivity index (χ2n) is 3.85. The minimum Gasteiger partial charge on any atom is -0.337 e. The number of hydrogen-bond donors (Lipinski definition) is 2. The van der Waals surface area contributed by atoms with E-state index >= 15 is 0 Å². The highest BCUT2D eigenvalue weighted by Crippen LogP contribution is 2.13. The van der Waals surface area contributed by atoms with Crippen LogP contribution in [-0.4, -0.2) is 18.4 Å². The van der Waals surface area contributed by atoms with Gasteiger partial charge in [0.2, 0.25) is 0 Å². The van der Waals surface area contributed by atoms with Crippen LogP contribution in [0.4, 0.5) is 10.5 Å². The molecule has 0 bridgehead atoms. The second-order valence-corrected chi connectivity index (χ2v) is 4.77. The quantitative estimate of drug-likeness (QED) is 0.898. The van der Waals surface area contributed by atoms with Gasteiger partial charge in [0.15, 0.2) is 0 Å². The molecule has 4 nitrogen and oxygen atoms in total. The molecule has 0 aliphatic heterocycles. The van der Waals surface area contributed by atoms with Gasteiger partial charge < -0.3 is 10.6 Å². The lowest BCUT2D eigenvalue weighted by atomic mass is 10.1. The summed E-state index contributed by atoms with van der Waals surface area (Å²) < 4.78 is 0.952. The van der Waals surface area contributed by atoms with Crippen molar-refractivity contribution in [2.75, 3.05) is 11.9 Å². The van der Waals surface area contributed by atoms with Gasteiger partial charge in [-0.25, -0.2) is 4.79 Å². The molecule has 5 heteroatoms. The van der Waals surface area contributed by atoms with Crippen LogP contribution >= 0.6 is 15.9 Å². The maximum Gasteiger partial charge on any atom is 0.319 e. The van der Waals surface area contributed by atoms with Gasteiger partial charge in [-0.3, -0.25) is 4.79 Å². The molecule has 1 atom stereocenters. The van der Waals surface area contributed by atoms with Crippen molar-refractivity contribution in [2.24, 2.45) is 5.92 Å². The second kappa shape index (κ2) is 6.39. The Hall–Kier alpha value is -1.36. The van der Waals surface area contributed by atoms with E-state index in [9.17, 15) is 9.59 Å². The van der Waals surface area contributed by atoms with Crippen molar-refractivity contribution in [3.63, 3.8) is 0 Å². The van der Waals surface area contributed by atoms with E-state index in [0.717, 1.165) is 4.47 Å². The maximum absolute atomic E-state index is 11.5. The van der Waals surface area contributed by atoms with Crippen molar-refractivity contribution < 1.29 is 9.59 Å². The average molecular weight is 299 g/mol. The summed E-state index contributed by atoms with van der Waals surface area (Å²) in [5.41, 5.74) is 0.709. The van der Waals surface area contributed by atoms with Crippen LogP contribution in [0.3, 0.4) is 0 Å². The lowest BCUT2D eigenvalue weighted by molar-refractivity contribution is -0.120. The van der Waals surface area contributed by atoms with Crippen LogP contribution < -0.4 is 10.6 Å². The van der Waals surface area contributed by atoms with Gasteiger partial charge in [-0.2, -0.15) is 0 Å². The summed E-state index contributed by atoms with van der Waals surface area (Å²) in [6.07, 6.45) is 0. The minimum atomic E-state index is -0.305. The SMILES string of the molecule is CC(=O)C(C)CNC(=O)Nc1ccc(Br)cc1. The molecule has 0 fully saturated rings. The summed E-state index contributed by atoms with van der Waals surface area (Å²) >= 11 is 3.31. The van der Waals surface area contributed by atoms with Gasteiger partial charge in [0.05, 0.1) is 0 Å². The topological polar surface area (TPSA) is 58.2 Å². The third kappa shape index (κ3) is 4.99. The number of urea groups is 1. The monoisotopic (exact) mass is 298 g/mol. The molecule has 1 unspecified atom stereocenters. The summed E-state index contributed by atoms with van der Waals surface area (Å²) in [5.74, 6) is -0.0976. The first-order valence-electron chi connectivity index (χ1n) is 5.30. The fourth-order valence-electron chi connectivity index (χ4n) is 1.10. The summed E-state index contributed by atoms with van der Waals surface area (Å²) in [4.78, 5) is 22.5. The first-order chi connectivity index (χ1) is 7.99. The van der Waals surface area contributed by atoms with Gasteiger partial charge in [0, 0.05) is 22.6 Å². The molecule has 0 heterocycles. The van der Waals surface area contributed by atoms with Gasteiger partial charge >= 0.3 is 6.03 Å². The molecule has 1 aromatic carbocycles. The molecule has 2 amide bonds. The van der Waals surface area contributed by atoms with Crippen molar-refractivity contribution >= 4 is 33.4 Å². The molecule has 2 N–H and O–H groups in total. The van der Waals surface area contributed by atoms with Crippen molar-refractivity contribution in [1.29, 1.82) is 0 Å². The van der Waals surface area contributed by atoms with Crippen LogP contribution in [0.15, 0.2) is 28.7 Å². The molecule has 0 spiro atoms. The first-order valence-corrected chi connectivity index (χ1v) is 6.09. The molecule has 0 radical (unpaired) electrons. The van der Waals surface area contributed by atoms with Gasteiger partial charge in [-0.15, -0.1) is 0 Å². The van der Waals surface area contributed by atoms with Gasteiger partial charge in [0.25, 0.3) is 0 Å². The average Bonchev–Trinajstić information content (AvgIpc) is 2.29. The largest absolute Gasteiger partial charge is 0.337 e. The molecule has 1 rings (SSSR count). The molecule has 92 valence electrons. The third-order valence-electron chi connectivity index (χ3n) is 2.36. The minimum absolute atomic E-state index is 0.0638. The number of rotatable bonds is 4. The number of anilines is 1. The smallest absolute Gasteiger partial charge is 0.319 e. The van der Waals surface area contributed by atoms with Crippen LogP contribution in [-0.2, 0) is 4.79 Å². The predicted molar refractivity (Wildman–Crippen MR) is 71.0 cm³/mol. The molecule has 0 saturated heterocycles. The van der Waals surface area contributed by atoms with E-state index in [0.29, 0.717) is 12.2 Å². The van der Waals surface area contributed by atoms with Gasteiger partial charge in [0.1, 0.15) is 5.78 Å². The number of amides is 2. The molecule has 1 aromatic rings. The molecular formula is C12H15BrN2O2. The normalized spacial score (nSPS) is 11.7. The number of Topliss-reactive ketones (excluding diaryl/α,β-unsaturated/α-hetero) is 1. The number of carbonyl (C=O) groups is 2. The van der Waals surface area contributed by atoms with Gasteiger partial charge in [-0.05, 0) is 31.2 Å². The van der Waals surface area contributed by atoms with E-state index in [4.69, 9.17) is 0 Å². The molecule has 17 heavy (non-hydrogen) atoms. The number of nitrogens with one attached hydrogen (secondary N) is 2. The van der Waals surface area contributed by atoms with Crippen LogP contribution in [0.5, 0.6) is 0 Å². The van der Waals surface area contributed by atoms with Crippen LogP contribution in [0.25, 0.3) is 0 Å². The predicted octanol–water partition coefficient (Wildman–Crippen LogP) is 2.80. The van der Waals surface area contributed by atoms with Crippen molar-refractivity contribution in [1.82, 2.24) is 5.32 Å². The Balaban J connectivity index is 2.39. The Morgan fingerprint density at radius 1 is 1.29 bits per heavy atom. The van der Waals surface area contributed by atoms with Crippen LogP contribution in [0.1, 0.15) is 13.8 Å². The Bertz CT molecular complexity index is 403. The van der Waals surface area contributed by atoms with E-state index < -0.39 is 0 Å². The molecule has 0 aliphatic rings. The van der Waals surface area contributed by atoms with E-state index in [2.05, 4.69) is 26.6 Å². The Kier molecular flexibility index (Phi) is 5.15. The fraction of sp³-hybridized carbons (Fsp3) is 0.333. The zero-order chi connectivity index (χ0) is 12.8. The van der Waals surface area contributed by atoms with Crippen LogP contribution in [0, 0.1) is 5.92 Å². The lowest BCUT2D eigenvalue weighted by Gasteiger charge is -2.10. The van der Waals surface area contributed by atoms with E-state index in [1.807, 2.05) is 12.1 Å². The molecular weight excluding hydrogens is 284 g/mol. The Labute approximate surface area is 109 Å². The zero-order valence-electron chi connectivity index (χ0n) is 9.79. The van der Waals surface area contributed by atoms with Crippen LogP contribution in [0.2, 0.25) is 0 Å². The summed E-state index contributed by atoms with van der Waals surface area (Å²) in [5, 5.41) is 5.33. The number of ketones is 1. The number of carbonyl (C=O) groups excluding carboxylic acids is 2. The molecule has 0 aromatic heterocycles. The van der Waals surface area contributed by atoms with Crippen molar-refractivity contribution in [2.45, 2.75) is 13.8 Å². The highest BCUT2D eigenvalue weighted by atomic mass is 79.9. The Morgan fingerprint density at radius 2 is 1.88 bits per heavy atom. The third-order valence-corrected chi connectivity index (χ3v) is 2.89. The number of hydrogen-bond acceptors (Lipinski definition) is 2. The summed E-state index contributed by atoms with van der Waals surface area (Å²) in [7, 11) is 0. The highest BCUT2D eigenvalue weighted by molar-refractivity contribution is 9.10. The highest BCUT2D eigenvalue weighted by Gasteiger charge is 2.09. The van der Waals surface area contributed by atoms with Gasteiger partial charge in [-0.1, -0.05) is 22.9 Å². The molecule has 0 saturated carbocycles. The first kappa shape index (κ1) is 13.7. The van der Waals surface area contributed by atoms with Crippen molar-refractivity contribution in [3.8, 4) is 0 Å². The standard InChI is InChI=1S/C12H15BrN2O2/c1-8(9(2)16)7-14-12(17)15-11-5-3-10(13)4-6-11/h3-6,8H,7H2,1-2H3,(H2,14,15,17).